The van der Waals surface area contributed by atoms with Crippen LogP contribution in [0.2, 0.25) is 5.28 Å². The molecule has 2 fully saturated rings. The fraction of sp³-hybridized carbons (Fsp3) is 0.636. The van der Waals surface area contributed by atoms with Crippen LogP contribution in [0.4, 0.5) is 5.82 Å². The predicted molar refractivity (Wildman–Crippen MR) is 67.6 cm³/mol. The summed E-state index contributed by atoms with van der Waals surface area (Å²) in [5, 5.41) is 3.80. The van der Waals surface area contributed by atoms with Gasteiger partial charge in [-0.1, -0.05) is 6.42 Å². The lowest BCUT2D eigenvalue weighted by atomic mass is 9.95. The van der Waals surface area contributed by atoms with E-state index in [1.807, 2.05) is 0 Å². The van der Waals surface area contributed by atoms with E-state index in [1.54, 1.807) is 6.20 Å². The minimum Gasteiger partial charge on any atom is -0.366 e. The monoisotopic (exact) mass is 301 g/mol. The molecule has 1 N–H and O–H groups in total. The minimum atomic E-state index is 0.300. The van der Waals surface area contributed by atoms with Crippen LogP contribution in [0.15, 0.2) is 10.7 Å². The summed E-state index contributed by atoms with van der Waals surface area (Å²) in [5.41, 5.74) is 0. The van der Waals surface area contributed by atoms with Crippen LogP contribution in [0.5, 0.6) is 0 Å². The fourth-order valence-electron chi connectivity index (χ4n) is 3.04. The van der Waals surface area contributed by atoms with Gasteiger partial charge in [0.15, 0.2) is 0 Å². The van der Waals surface area contributed by atoms with Gasteiger partial charge in [-0.3, -0.25) is 0 Å². The first-order chi connectivity index (χ1) is 7.72. The molecule has 0 aromatic carbocycles. The molecule has 86 valence electrons. The second-order valence-corrected chi connectivity index (χ2v) is 5.95. The molecule has 2 saturated carbocycles. The second-order valence-electron chi connectivity index (χ2n) is 4.76. The van der Waals surface area contributed by atoms with Crippen LogP contribution < -0.4 is 5.32 Å². The highest BCUT2D eigenvalue weighted by atomic mass is 79.9. The van der Waals surface area contributed by atoms with Gasteiger partial charge in [0.1, 0.15) is 5.82 Å². The molecule has 16 heavy (non-hydrogen) atoms. The van der Waals surface area contributed by atoms with E-state index >= 15 is 0 Å². The lowest BCUT2D eigenvalue weighted by Gasteiger charge is -2.23. The number of nitrogens with one attached hydrogen (secondary N) is 1. The Morgan fingerprint density at radius 1 is 1.38 bits per heavy atom. The number of hydrogen-bond acceptors (Lipinski definition) is 3. The summed E-state index contributed by atoms with van der Waals surface area (Å²) in [5.74, 6) is 2.58. The van der Waals surface area contributed by atoms with Gasteiger partial charge in [0.2, 0.25) is 5.28 Å². The summed E-state index contributed by atoms with van der Waals surface area (Å²) in [6, 6.07) is 0.570. The number of nitrogens with zero attached hydrogens (tertiary/aromatic N) is 2. The quantitative estimate of drug-likeness (QED) is 0.850. The highest BCUT2D eigenvalue weighted by Crippen LogP contribution is 2.45. The fourth-order valence-corrected chi connectivity index (χ4v) is 3.48. The van der Waals surface area contributed by atoms with Gasteiger partial charge in [-0.25, -0.2) is 4.98 Å². The van der Waals surface area contributed by atoms with Crippen molar-refractivity contribution in [3.05, 3.63) is 16.0 Å². The van der Waals surface area contributed by atoms with Crippen molar-refractivity contribution in [3.63, 3.8) is 0 Å². The maximum absolute atomic E-state index is 5.80. The number of anilines is 1. The van der Waals surface area contributed by atoms with E-state index in [2.05, 4.69) is 31.2 Å². The standard InChI is InChI=1S/C11H13BrClN3/c12-8-5-14-11(13)16-10(8)15-9-4-6-1-2-7(9)3-6/h5-7,9H,1-4H2,(H,14,15,16). The molecule has 3 unspecified atom stereocenters. The van der Waals surface area contributed by atoms with Crippen molar-refractivity contribution in [1.29, 1.82) is 0 Å². The molecule has 3 atom stereocenters. The second kappa shape index (κ2) is 4.15. The van der Waals surface area contributed by atoms with E-state index in [4.69, 9.17) is 11.6 Å². The van der Waals surface area contributed by atoms with Crippen LogP contribution in [0.25, 0.3) is 0 Å². The normalized spacial score (nSPS) is 32.0. The Balaban J connectivity index is 1.76. The van der Waals surface area contributed by atoms with E-state index in [9.17, 15) is 0 Å². The Hall–Kier alpha value is -0.350. The van der Waals surface area contributed by atoms with E-state index in [-0.39, 0.29) is 0 Å². The lowest BCUT2D eigenvalue weighted by Crippen LogP contribution is -2.26. The maximum Gasteiger partial charge on any atom is 0.224 e. The summed E-state index contributed by atoms with van der Waals surface area (Å²) in [6.07, 6.45) is 7.13. The molecule has 1 heterocycles. The molecule has 2 aliphatic rings. The van der Waals surface area contributed by atoms with E-state index in [0.717, 1.165) is 22.1 Å². The molecule has 0 aliphatic heterocycles. The number of fused-ring (bicyclic) bond motifs is 2. The molecule has 3 nitrogen and oxygen atoms in total. The Labute approximate surface area is 108 Å². The zero-order valence-electron chi connectivity index (χ0n) is 8.79. The van der Waals surface area contributed by atoms with E-state index in [0.29, 0.717) is 11.3 Å². The van der Waals surface area contributed by atoms with Gasteiger partial charge in [0.05, 0.1) is 4.47 Å². The van der Waals surface area contributed by atoms with Crippen molar-refractivity contribution < 1.29 is 0 Å². The van der Waals surface area contributed by atoms with Gasteiger partial charge in [0, 0.05) is 12.2 Å². The van der Waals surface area contributed by atoms with Gasteiger partial charge < -0.3 is 5.32 Å². The average molecular weight is 303 g/mol. The van der Waals surface area contributed by atoms with Gasteiger partial charge in [0.25, 0.3) is 0 Å². The van der Waals surface area contributed by atoms with Crippen LogP contribution in [-0.4, -0.2) is 16.0 Å². The molecule has 2 aliphatic carbocycles. The number of aromatic nitrogens is 2. The summed E-state index contributed by atoms with van der Waals surface area (Å²) in [7, 11) is 0. The zero-order valence-corrected chi connectivity index (χ0v) is 11.1. The lowest BCUT2D eigenvalue weighted by molar-refractivity contribution is 0.439. The van der Waals surface area contributed by atoms with Crippen LogP contribution in [0.1, 0.15) is 25.7 Å². The van der Waals surface area contributed by atoms with Crippen molar-refractivity contribution in [2.24, 2.45) is 11.8 Å². The van der Waals surface area contributed by atoms with Crippen molar-refractivity contribution in [2.45, 2.75) is 31.7 Å². The van der Waals surface area contributed by atoms with Crippen molar-refractivity contribution in [1.82, 2.24) is 9.97 Å². The van der Waals surface area contributed by atoms with Crippen LogP contribution in [0.3, 0.4) is 0 Å². The minimum absolute atomic E-state index is 0.300. The Morgan fingerprint density at radius 3 is 2.94 bits per heavy atom. The van der Waals surface area contributed by atoms with Gasteiger partial charge in [-0.2, -0.15) is 4.98 Å². The molecular weight excluding hydrogens is 289 g/mol. The Kier molecular flexibility index (Phi) is 2.80. The van der Waals surface area contributed by atoms with Gasteiger partial charge in [-0.15, -0.1) is 0 Å². The van der Waals surface area contributed by atoms with E-state index in [1.165, 1.54) is 25.7 Å². The highest BCUT2D eigenvalue weighted by molar-refractivity contribution is 9.10. The van der Waals surface area contributed by atoms with Crippen molar-refractivity contribution in [2.75, 3.05) is 5.32 Å². The molecule has 5 heteroatoms. The topological polar surface area (TPSA) is 37.8 Å². The number of halogens is 2. The molecule has 2 bridgehead atoms. The van der Waals surface area contributed by atoms with Crippen molar-refractivity contribution in [3.8, 4) is 0 Å². The molecule has 0 saturated heterocycles. The molecular formula is C11H13BrClN3. The maximum atomic E-state index is 5.80. The summed E-state index contributed by atoms with van der Waals surface area (Å²) in [4.78, 5) is 8.15. The molecule has 1 aromatic heterocycles. The first-order valence-electron chi connectivity index (χ1n) is 5.67. The highest BCUT2D eigenvalue weighted by Gasteiger charge is 2.39. The zero-order chi connectivity index (χ0) is 11.1. The Bertz CT molecular complexity index is 412. The average Bonchev–Trinajstić information content (AvgIpc) is 2.85. The molecule has 3 rings (SSSR count). The molecule has 0 spiro atoms. The summed E-state index contributed by atoms with van der Waals surface area (Å²) < 4.78 is 0.889. The van der Waals surface area contributed by atoms with Gasteiger partial charge >= 0.3 is 0 Å². The third-order valence-electron chi connectivity index (χ3n) is 3.77. The van der Waals surface area contributed by atoms with Gasteiger partial charge in [-0.05, 0) is 58.6 Å². The third-order valence-corrected chi connectivity index (χ3v) is 4.54. The van der Waals surface area contributed by atoms with Crippen LogP contribution >= 0.6 is 27.5 Å². The molecule has 1 aromatic rings. The first-order valence-corrected chi connectivity index (χ1v) is 6.84. The largest absolute Gasteiger partial charge is 0.366 e. The predicted octanol–water partition coefficient (Wildman–Crippen LogP) is 3.49. The summed E-state index contributed by atoms with van der Waals surface area (Å²) >= 11 is 9.24. The van der Waals surface area contributed by atoms with Crippen molar-refractivity contribution >= 4 is 33.3 Å². The first kappa shape index (κ1) is 10.8. The third kappa shape index (κ3) is 1.93. The SMILES string of the molecule is Clc1ncc(Br)c(NC2CC3CCC2C3)n1. The van der Waals surface area contributed by atoms with E-state index < -0.39 is 0 Å². The Morgan fingerprint density at radius 2 is 2.25 bits per heavy atom. The van der Waals surface area contributed by atoms with Crippen LogP contribution in [-0.2, 0) is 0 Å². The summed E-state index contributed by atoms with van der Waals surface area (Å²) in [6.45, 7) is 0. The number of rotatable bonds is 2. The smallest absolute Gasteiger partial charge is 0.224 e. The molecule has 0 radical (unpaired) electrons. The number of hydrogen-bond donors (Lipinski definition) is 1. The van der Waals surface area contributed by atoms with Crippen LogP contribution in [0, 0.1) is 11.8 Å². The molecule has 0 amide bonds.